The predicted octanol–water partition coefficient (Wildman–Crippen LogP) is 4.78. The normalized spacial score (nSPS) is 11.9. The molecule has 0 fully saturated rings. The van der Waals surface area contributed by atoms with Crippen molar-refractivity contribution in [2.45, 2.75) is 70.6 Å². The van der Waals surface area contributed by atoms with E-state index in [4.69, 9.17) is 9.79 Å². The van der Waals surface area contributed by atoms with Gasteiger partial charge in [0.1, 0.15) is 0 Å². The lowest BCUT2D eigenvalue weighted by atomic mass is 10.1. The van der Waals surface area contributed by atoms with Gasteiger partial charge in [0.05, 0.1) is 6.61 Å². The van der Waals surface area contributed by atoms with Gasteiger partial charge in [-0.15, -0.1) is 0 Å². The number of unbranched alkanes of at least 4 members (excludes halogenated alkanes) is 10. The maximum Gasteiger partial charge on any atom is 0.469 e. The molecule has 116 valence electrons. The number of hydrogen-bond donors (Lipinski definition) is 2. The third-order valence-corrected chi connectivity index (χ3v) is 4.12. The number of alkyl halides is 1. The molecule has 0 saturated carbocycles. The molecule has 0 bridgehead atoms. The van der Waals surface area contributed by atoms with Crippen molar-refractivity contribution in [1.29, 1.82) is 0 Å². The molecular formula is C13H28BrO4P. The summed E-state index contributed by atoms with van der Waals surface area (Å²) in [6.45, 7) is 0.165. The van der Waals surface area contributed by atoms with Crippen LogP contribution in [-0.4, -0.2) is 21.7 Å². The SMILES string of the molecule is O=P(O)(O)OCCCCCCCCCCCCCBr. The van der Waals surface area contributed by atoms with Crippen LogP contribution < -0.4 is 0 Å². The highest BCUT2D eigenvalue weighted by Crippen LogP contribution is 2.35. The molecular weight excluding hydrogens is 331 g/mol. The highest BCUT2D eigenvalue weighted by molar-refractivity contribution is 9.09. The van der Waals surface area contributed by atoms with Crippen molar-refractivity contribution in [1.82, 2.24) is 0 Å². The third-order valence-electron chi connectivity index (χ3n) is 3.04. The number of rotatable bonds is 14. The lowest BCUT2D eigenvalue weighted by Crippen LogP contribution is -1.92. The van der Waals surface area contributed by atoms with E-state index in [9.17, 15) is 4.57 Å². The summed E-state index contributed by atoms with van der Waals surface area (Å²) in [5.41, 5.74) is 0. The molecule has 0 aromatic rings. The van der Waals surface area contributed by atoms with Crippen LogP contribution in [0.5, 0.6) is 0 Å². The Kier molecular flexibility index (Phi) is 14.0. The monoisotopic (exact) mass is 358 g/mol. The van der Waals surface area contributed by atoms with Gasteiger partial charge in [0.25, 0.3) is 0 Å². The van der Waals surface area contributed by atoms with Gasteiger partial charge in [-0.05, 0) is 12.8 Å². The van der Waals surface area contributed by atoms with Gasteiger partial charge in [-0.2, -0.15) is 0 Å². The fraction of sp³-hybridized carbons (Fsp3) is 1.00. The van der Waals surface area contributed by atoms with Crippen molar-refractivity contribution in [3.63, 3.8) is 0 Å². The van der Waals surface area contributed by atoms with Gasteiger partial charge < -0.3 is 9.79 Å². The molecule has 6 heteroatoms. The summed E-state index contributed by atoms with van der Waals surface area (Å²) in [5, 5.41) is 1.12. The highest BCUT2D eigenvalue weighted by Gasteiger charge is 2.12. The molecule has 2 N–H and O–H groups in total. The fourth-order valence-corrected chi connectivity index (χ4v) is 2.73. The summed E-state index contributed by atoms with van der Waals surface area (Å²) in [5.74, 6) is 0. The van der Waals surface area contributed by atoms with Crippen molar-refractivity contribution in [3.05, 3.63) is 0 Å². The average molecular weight is 359 g/mol. The Bertz CT molecular complexity index is 233. The molecule has 0 atom stereocenters. The summed E-state index contributed by atoms with van der Waals surface area (Å²) >= 11 is 3.44. The quantitative estimate of drug-likeness (QED) is 0.266. The van der Waals surface area contributed by atoms with E-state index >= 15 is 0 Å². The summed E-state index contributed by atoms with van der Waals surface area (Å²) in [6.07, 6.45) is 13.3. The van der Waals surface area contributed by atoms with Crippen LogP contribution in [0.4, 0.5) is 0 Å². The Hall–Kier alpha value is 0.590. The third kappa shape index (κ3) is 18.6. The van der Waals surface area contributed by atoms with E-state index in [0.29, 0.717) is 0 Å². The van der Waals surface area contributed by atoms with Crippen molar-refractivity contribution in [2.24, 2.45) is 0 Å². The van der Waals surface area contributed by atoms with Gasteiger partial charge in [-0.1, -0.05) is 73.7 Å². The zero-order valence-corrected chi connectivity index (χ0v) is 14.2. The first-order valence-electron chi connectivity index (χ1n) is 7.32. The summed E-state index contributed by atoms with van der Waals surface area (Å²) < 4.78 is 14.8. The van der Waals surface area contributed by atoms with E-state index in [1.165, 1.54) is 51.4 Å². The highest BCUT2D eigenvalue weighted by atomic mass is 79.9. The van der Waals surface area contributed by atoms with Crippen molar-refractivity contribution < 1.29 is 18.9 Å². The molecule has 4 nitrogen and oxygen atoms in total. The Morgan fingerprint density at radius 2 is 1.11 bits per heavy atom. The van der Waals surface area contributed by atoms with Gasteiger partial charge in [-0.3, -0.25) is 4.52 Å². The molecule has 0 amide bonds. The van der Waals surface area contributed by atoms with Crippen LogP contribution in [0.2, 0.25) is 0 Å². The maximum atomic E-state index is 10.4. The van der Waals surface area contributed by atoms with Crippen molar-refractivity contribution >= 4 is 23.8 Å². The molecule has 0 spiro atoms. The van der Waals surface area contributed by atoms with E-state index in [2.05, 4.69) is 20.5 Å². The largest absolute Gasteiger partial charge is 0.469 e. The Balaban J connectivity index is 3.01. The zero-order valence-electron chi connectivity index (χ0n) is 11.7. The second kappa shape index (κ2) is 13.6. The minimum absolute atomic E-state index is 0.165. The number of phosphoric acid groups is 1. The van der Waals surface area contributed by atoms with E-state index in [-0.39, 0.29) is 6.61 Å². The van der Waals surface area contributed by atoms with Gasteiger partial charge >= 0.3 is 7.82 Å². The molecule has 0 saturated heterocycles. The van der Waals surface area contributed by atoms with Crippen LogP contribution in [0.1, 0.15) is 70.6 Å². The Labute approximate surface area is 125 Å². The van der Waals surface area contributed by atoms with E-state index in [1.54, 1.807) is 0 Å². The van der Waals surface area contributed by atoms with Gasteiger partial charge in [0.15, 0.2) is 0 Å². The maximum absolute atomic E-state index is 10.4. The van der Waals surface area contributed by atoms with E-state index < -0.39 is 7.82 Å². The zero-order chi connectivity index (χ0) is 14.4. The van der Waals surface area contributed by atoms with Crippen molar-refractivity contribution in [3.8, 4) is 0 Å². The Morgan fingerprint density at radius 3 is 1.47 bits per heavy atom. The molecule has 0 rings (SSSR count). The lowest BCUT2D eigenvalue weighted by Gasteiger charge is -2.05. The second-order valence-electron chi connectivity index (χ2n) is 4.90. The fourth-order valence-electron chi connectivity index (χ4n) is 1.97. The van der Waals surface area contributed by atoms with E-state index in [0.717, 1.165) is 24.6 Å². The molecule has 0 heterocycles. The Morgan fingerprint density at radius 1 is 0.737 bits per heavy atom. The van der Waals surface area contributed by atoms with E-state index in [1.807, 2.05) is 0 Å². The number of halogens is 1. The topological polar surface area (TPSA) is 66.8 Å². The molecule has 0 aliphatic carbocycles. The van der Waals surface area contributed by atoms with Crippen LogP contribution >= 0.6 is 23.8 Å². The first-order valence-corrected chi connectivity index (χ1v) is 9.97. The van der Waals surface area contributed by atoms with Gasteiger partial charge in [-0.25, -0.2) is 4.57 Å². The van der Waals surface area contributed by atoms with Crippen molar-refractivity contribution in [2.75, 3.05) is 11.9 Å². The van der Waals surface area contributed by atoms with Crippen LogP contribution in [-0.2, 0) is 9.09 Å². The smallest absolute Gasteiger partial charge is 0.303 e. The van der Waals surface area contributed by atoms with Crippen LogP contribution in [0.15, 0.2) is 0 Å². The predicted molar refractivity (Wildman–Crippen MR) is 82.6 cm³/mol. The lowest BCUT2D eigenvalue weighted by molar-refractivity contribution is 0.193. The minimum Gasteiger partial charge on any atom is -0.303 e. The molecule has 0 radical (unpaired) electrons. The molecule has 0 aliphatic heterocycles. The summed E-state index contributed by atoms with van der Waals surface area (Å²) in [4.78, 5) is 17.0. The number of phosphoric ester groups is 1. The summed E-state index contributed by atoms with van der Waals surface area (Å²) in [7, 11) is -4.25. The molecule has 19 heavy (non-hydrogen) atoms. The summed E-state index contributed by atoms with van der Waals surface area (Å²) in [6, 6.07) is 0. The first-order chi connectivity index (χ1) is 9.06. The standard InChI is InChI=1S/C13H28BrO4P/c14-12-10-8-6-4-2-1-3-5-7-9-11-13-18-19(15,16)17/h1-13H2,(H2,15,16,17). The van der Waals surface area contributed by atoms with Crippen LogP contribution in [0.3, 0.4) is 0 Å². The minimum atomic E-state index is -4.25. The average Bonchev–Trinajstić information content (AvgIpc) is 2.34. The van der Waals surface area contributed by atoms with Crippen LogP contribution in [0, 0.1) is 0 Å². The van der Waals surface area contributed by atoms with Gasteiger partial charge in [0.2, 0.25) is 0 Å². The molecule has 0 unspecified atom stereocenters. The van der Waals surface area contributed by atoms with Crippen LogP contribution in [0.25, 0.3) is 0 Å². The molecule has 0 aliphatic rings. The molecule has 0 aromatic heterocycles. The number of hydrogen-bond acceptors (Lipinski definition) is 2. The first kappa shape index (κ1) is 19.6. The molecule has 0 aromatic carbocycles. The second-order valence-corrected chi connectivity index (χ2v) is 6.93. The van der Waals surface area contributed by atoms with Gasteiger partial charge in [0, 0.05) is 5.33 Å².